The highest BCUT2D eigenvalue weighted by Gasteiger charge is 2.10. The van der Waals surface area contributed by atoms with Crippen LogP contribution >= 0.6 is 22.9 Å². The number of thiazole rings is 1. The van der Waals surface area contributed by atoms with E-state index in [4.69, 9.17) is 23.3 Å². The molecule has 0 fully saturated rings. The van der Waals surface area contributed by atoms with E-state index in [0.29, 0.717) is 16.6 Å². The molecule has 0 radical (unpaired) electrons. The average Bonchev–Trinajstić information content (AvgIpc) is 2.47. The van der Waals surface area contributed by atoms with Crippen molar-refractivity contribution in [3.8, 4) is 18.4 Å². The molecule has 0 amide bonds. The average molecular weight is 212 g/mol. The van der Waals surface area contributed by atoms with Crippen LogP contribution in [-0.4, -0.2) is 18.6 Å². The molecule has 1 aromatic heterocycles. The molecular formula is C8H6ClN3S. The Kier molecular flexibility index (Phi) is 3.13. The fraction of sp³-hybridized carbons (Fsp3) is 0.250. The largest absolute Gasteiger partial charge is 0.340 e. The molecule has 0 saturated carbocycles. The number of nitrogens with zero attached hydrogens (tertiary/aromatic N) is 3. The number of nitriles is 1. The van der Waals surface area contributed by atoms with Gasteiger partial charge in [0.25, 0.3) is 0 Å². The monoisotopic (exact) mass is 211 g/mol. The highest BCUT2D eigenvalue weighted by Crippen LogP contribution is 2.27. The highest BCUT2D eigenvalue weighted by molar-refractivity contribution is 7.16. The Morgan fingerprint density at radius 1 is 1.77 bits per heavy atom. The number of terminal acetylenes is 1. The molecule has 0 spiro atoms. The number of hydrogen-bond donors (Lipinski definition) is 0. The molecule has 66 valence electrons. The highest BCUT2D eigenvalue weighted by atomic mass is 35.5. The van der Waals surface area contributed by atoms with Crippen LogP contribution in [0.25, 0.3) is 0 Å². The topological polar surface area (TPSA) is 39.9 Å². The van der Waals surface area contributed by atoms with Crippen LogP contribution in [0.15, 0.2) is 0 Å². The van der Waals surface area contributed by atoms with E-state index in [0.717, 1.165) is 0 Å². The van der Waals surface area contributed by atoms with Crippen LogP contribution in [0.3, 0.4) is 0 Å². The van der Waals surface area contributed by atoms with Gasteiger partial charge >= 0.3 is 0 Å². The van der Waals surface area contributed by atoms with Crippen LogP contribution in [0.4, 0.5) is 5.13 Å². The lowest BCUT2D eigenvalue weighted by Crippen LogP contribution is -2.16. The lowest BCUT2D eigenvalue weighted by atomic mass is 10.6. The van der Waals surface area contributed by atoms with Crippen LogP contribution in [0.1, 0.15) is 4.88 Å². The summed E-state index contributed by atoms with van der Waals surface area (Å²) in [6.07, 6.45) is 5.13. The Morgan fingerprint density at radius 3 is 2.92 bits per heavy atom. The van der Waals surface area contributed by atoms with Crippen LogP contribution in [0.2, 0.25) is 5.15 Å². The molecule has 0 saturated heterocycles. The molecule has 1 rings (SSSR count). The smallest absolute Gasteiger partial charge is 0.188 e. The number of anilines is 1. The summed E-state index contributed by atoms with van der Waals surface area (Å²) in [5.74, 6) is 2.48. The Morgan fingerprint density at radius 2 is 2.46 bits per heavy atom. The van der Waals surface area contributed by atoms with E-state index < -0.39 is 0 Å². The molecule has 0 aromatic carbocycles. The third-order valence-electron chi connectivity index (χ3n) is 1.33. The molecule has 0 aliphatic rings. The molecule has 5 heteroatoms. The summed E-state index contributed by atoms with van der Waals surface area (Å²) in [6, 6.07) is 1.96. The van der Waals surface area contributed by atoms with Gasteiger partial charge in [-0.3, -0.25) is 0 Å². The number of aromatic nitrogens is 1. The molecule has 3 nitrogen and oxygen atoms in total. The summed E-state index contributed by atoms with van der Waals surface area (Å²) >= 11 is 6.92. The summed E-state index contributed by atoms with van der Waals surface area (Å²) in [6.45, 7) is 0.453. The Bertz CT molecular complexity index is 385. The first-order valence-corrected chi connectivity index (χ1v) is 4.59. The summed E-state index contributed by atoms with van der Waals surface area (Å²) in [5.41, 5.74) is 0. The van der Waals surface area contributed by atoms with E-state index in [1.54, 1.807) is 11.9 Å². The van der Waals surface area contributed by atoms with Gasteiger partial charge in [-0.2, -0.15) is 5.26 Å². The summed E-state index contributed by atoms with van der Waals surface area (Å²) in [5, 5.41) is 9.53. The minimum absolute atomic E-state index is 0.242. The van der Waals surface area contributed by atoms with Crippen molar-refractivity contribution in [3.63, 3.8) is 0 Å². The third-order valence-corrected chi connectivity index (χ3v) is 2.79. The maximum Gasteiger partial charge on any atom is 0.188 e. The van der Waals surface area contributed by atoms with Gasteiger partial charge in [-0.1, -0.05) is 28.9 Å². The molecule has 1 heterocycles. The summed E-state index contributed by atoms with van der Waals surface area (Å²) in [4.78, 5) is 6.17. The normalized spacial score (nSPS) is 8.92. The van der Waals surface area contributed by atoms with Crippen LogP contribution in [-0.2, 0) is 0 Å². The van der Waals surface area contributed by atoms with Gasteiger partial charge in [0.05, 0.1) is 6.54 Å². The lowest BCUT2D eigenvalue weighted by molar-refractivity contribution is 1.03. The first-order valence-electron chi connectivity index (χ1n) is 3.40. The minimum Gasteiger partial charge on any atom is -0.340 e. The van der Waals surface area contributed by atoms with E-state index in [1.165, 1.54) is 11.3 Å². The number of hydrogen-bond acceptors (Lipinski definition) is 4. The van der Waals surface area contributed by atoms with Crippen molar-refractivity contribution in [2.24, 2.45) is 0 Å². The molecule has 0 unspecified atom stereocenters. The van der Waals surface area contributed by atoms with Crippen molar-refractivity contribution in [1.29, 1.82) is 5.26 Å². The Hall–Kier alpha value is -1.23. The summed E-state index contributed by atoms with van der Waals surface area (Å²) in [7, 11) is 1.80. The Balaban J connectivity index is 2.93. The second-order valence-electron chi connectivity index (χ2n) is 2.29. The van der Waals surface area contributed by atoms with Crippen molar-refractivity contribution < 1.29 is 0 Å². The fourth-order valence-corrected chi connectivity index (χ4v) is 1.73. The minimum atomic E-state index is 0.242. The van der Waals surface area contributed by atoms with Gasteiger partial charge in [-0.25, -0.2) is 4.98 Å². The molecule has 1 aromatic rings. The van der Waals surface area contributed by atoms with Gasteiger partial charge in [-0.05, 0) is 0 Å². The van der Waals surface area contributed by atoms with E-state index >= 15 is 0 Å². The second kappa shape index (κ2) is 4.13. The predicted octanol–water partition coefficient (Wildman–Crippen LogP) is 1.74. The zero-order chi connectivity index (χ0) is 9.84. The maximum atomic E-state index is 8.62. The predicted molar refractivity (Wildman–Crippen MR) is 53.9 cm³/mol. The maximum absolute atomic E-state index is 8.62. The standard InChI is InChI=1S/C8H6ClN3S/c1-3-4-12(2)8-11-7(9)6(5-10)13-8/h1H,4H2,2H3. The van der Waals surface area contributed by atoms with Crippen molar-refractivity contribution in [2.75, 3.05) is 18.5 Å². The molecule has 0 bridgehead atoms. The quantitative estimate of drug-likeness (QED) is 0.700. The van der Waals surface area contributed by atoms with Crippen molar-refractivity contribution in [1.82, 2.24) is 4.98 Å². The second-order valence-corrected chi connectivity index (χ2v) is 3.62. The molecule has 0 aliphatic carbocycles. The van der Waals surface area contributed by atoms with Crippen LogP contribution in [0.5, 0.6) is 0 Å². The van der Waals surface area contributed by atoms with E-state index in [9.17, 15) is 0 Å². The first-order chi connectivity index (χ1) is 6.19. The van der Waals surface area contributed by atoms with E-state index in [2.05, 4.69) is 10.9 Å². The molecule has 0 atom stereocenters. The molecule has 13 heavy (non-hydrogen) atoms. The SMILES string of the molecule is C#CCN(C)c1nc(Cl)c(C#N)s1. The number of halogens is 1. The zero-order valence-electron chi connectivity index (χ0n) is 6.91. The fourth-order valence-electron chi connectivity index (χ4n) is 0.728. The van der Waals surface area contributed by atoms with Gasteiger partial charge in [0.2, 0.25) is 0 Å². The van der Waals surface area contributed by atoms with Crippen molar-refractivity contribution in [3.05, 3.63) is 10.0 Å². The van der Waals surface area contributed by atoms with Gasteiger partial charge in [0.15, 0.2) is 10.3 Å². The summed E-state index contributed by atoms with van der Waals surface area (Å²) < 4.78 is 0. The van der Waals surface area contributed by atoms with E-state index in [-0.39, 0.29) is 5.15 Å². The van der Waals surface area contributed by atoms with Crippen LogP contribution < -0.4 is 4.90 Å². The zero-order valence-corrected chi connectivity index (χ0v) is 8.48. The van der Waals surface area contributed by atoms with E-state index in [1.807, 2.05) is 6.07 Å². The number of rotatable bonds is 2. The van der Waals surface area contributed by atoms with Gasteiger partial charge in [0.1, 0.15) is 10.9 Å². The lowest BCUT2D eigenvalue weighted by Gasteiger charge is -2.09. The van der Waals surface area contributed by atoms with Crippen LogP contribution in [0, 0.1) is 23.7 Å². The molecular weight excluding hydrogens is 206 g/mol. The van der Waals surface area contributed by atoms with Gasteiger partial charge < -0.3 is 4.90 Å². The first kappa shape index (κ1) is 9.85. The van der Waals surface area contributed by atoms with Crippen molar-refractivity contribution in [2.45, 2.75) is 0 Å². The van der Waals surface area contributed by atoms with Crippen molar-refractivity contribution >= 4 is 28.1 Å². The van der Waals surface area contributed by atoms with Gasteiger partial charge in [-0.15, -0.1) is 6.42 Å². The Labute approximate surface area is 85.6 Å². The molecule has 0 N–H and O–H groups in total. The third kappa shape index (κ3) is 2.12. The van der Waals surface area contributed by atoms with Gasteiger partial charge in [0, 0.05) is 7.05 Å². The molecule has 0 aliphatic heterocycles.